The molecule has 0 aromatic heterocycles. The zero-order valence-corrected chi connectivity index (χ0v) is 17.6. The van der Waals surface area contributed by atoms with Crippen LogP contribution >= 0.6 is 0 Å². The lowest BCUT2D eigenvalue weighted by Gasteiger charge is -2.39. The number of benzene rings is 2. The van der Waals surface area contributed by atoms with Gasteiger partial charge in [0.15, 0.2) is 11.6 Å². The molecule has 2 aromatic rings. The van der Waals surface area contributed by atoms with Crippen molar-refractivity contribution in [1.29, 1.82) is 0 Å². The minimum absolute atomic E-state index is 0.00560. The number of hydrogen-bond donors (Lipinski definition) is 1. The lowest BCUT2D eigenvalue weighted by atomic mass is 9.92. The van der Waals surface area contributed by atoms with Gasteiger partial charge in [-0.15, -0.1) is 0 Å². The van der Waals surface area contributed by atoms with E-state index in [2.05, 4.69) is 22.3 Å². The third-order valence-electron chi connectivity index (χ3n) is 6.51. The van der Waals surface area contributed by atoms with Crippen molar-refractivity contribution in [3.63, 3.8) is 0 Å². The molecule has 3 heterocycles. The van der Waals surface area contributed by atoms with Gasteiger partial charge in [-0.25, -0.2) is 4.39 Å². The molecule has 1 atom stereocenters. The van der Waals surface area contributed by atoms with Gasteiger partial charge < -0.3 is 9.64 Å². The van der Waals surface area contributed by atoms with E-state index in [9.17, 15) is 14.4 Å². The van der Waals surface area contributed by atoms with E-state index in [1.807, 2.05) is 18.2 Å². The Kier molecular flexibility index (Phi) is 5.38. The van der Waals surface area contributed by atoms with Crippen LogP contribution in [0.2, 0.25) is 0 Å². The number of likely N-dealkylation sites (tertiary alicyclic amines) is 1. The molecule has 0 aliphatic carbocycles. The number of fused-ring (bicyclic) bond motifs is 1. The van der Waals surface area contributed by atoms with Crippen molar-refractivity contribution in [2.24, 2.45) is 0 Å². The van der Waals surface area contributed by atoms with Crippen LogP contribution in [-0.2, 0) is 16.1 Å². The topological polar surface area (TPSA) is 79.0 Å². The van der Waals surface area contributed by atoms with Crippen molar-refractivity contribution >= 4 is 17.7 Å². The molecule has 0 unspecified atom stereocenters. The van der Waals surface area contributed by atoms with Gasteiger partial charge in [-0.1, -0.05) is 30.3 Å². The van der Waals surface area contributed by atoms with E-state index in [-0.39, 0.29) is 42.2 Å². The van der Waals surface area contributed by atoms with Crippen molar-refractivity contribution in [3.8, 4) is 5.75 Å². The zero-order valence-electron chi connectivity index (χ0n) is 17.6. The van der Waals surface area contributed by atoms with Gasteiger partial charge in [0.1, 0.15) is 12.6 Å². The molecule has 0 saturated carbocycles. The minimum atomic E-state index is -0.764. The van der Waals surface area contributed by atoms with Gasteiger partial charge >= 0.3 is 0 Å². The minimum Gasteiger partial charge on any atom is -0.489 e. The van der Waals surface area contributed by atoms with Crippen LogP contribution in [0.4, 0.5) is 4.39 Å². The molecular formula is C24H24FN3O4. The summed E-state index contributed by atoms with van der Waals surface area (Å²) in [6, 6.07) is 12.6. The van der Waals surface area contributed by atoms with E-state index in [0.29, 0.717) is 19.1 Å². The molecule has 5 rings (SSSR count). The Hall–Kier alpha value is -3.26. The lowest BCUT2D eigenvalue weighted by Crippen LogP contribution is -2.52. The first kappa shape index (κ1) is 20.6. The molecule has 2 fully saturated rings. The van der Waals surface area contributed by atoms with Crippen LogP contribution in [0.25, 0.3) is 0 Å². The summed E-state index contributed by atoms with van der Waals surface area (Å²) in [6.07, 6.45) is 0.407. The van der Waals surface area contributed by atoms with Gasteiger partial charge in [-0.05, 0) is 24.1 Å². The highest BCUT2D eigenvalue weighted by molar-refractivity contribution is 6.05. The quantitative estimate of drug-likeness (QED) is 0.700. The number of amides is 3. The van der Waals surface area contributed by atoms with E-state index in [4.69, 9.17) is 4.74 Å². The van der Waals surface area contributed by atoms with Gasteiger partial charge in [0.25, 0.3) is 5.91 Å². The summed E-state index contributed by atoms with van der Waals surface area (Å²) in [5.74, 6) is -1.18. The average Bonchev–Trinajstić information content (AvgIpc) is 3.09. The molecule has 3 amide bonds. The van der Waals surface area contributed by atoms with E-state index in [1.54, 1.807) is 6.07 Å². The van der Waals surface area contributed by atoms with Crippen LogP contribution in [0.1, 0.15) is 40.2 Å². The zero-order chi connectivity index (χ0) is 22.2. The molecule has 3 aliphatic rings. The van der Waals surface area contributed by atoms with Gasteiger partial charge in [0, 0.05) is 43.1 Å². The van der Waals surface area contributed by atoms with Crippen molar-refractivity contribution in [1.82, 2.24) is 15.1 Å². The van der Waals surface area contributed by atoms with Gasteiger partial charge in [-0.3, -0.25) is 24.6 Å². The van der Waals surface area contributed by atoms with E-state index in [0.717, 1.165) is 13.1 Å². The highest BCUT2D eigenvalue weighted by Gasteiger charge is 2.40. The number of hydrogen-bond acceptors (Lipinski definition) is 5. The van der Waals surface area contributed by atoms with Crippen LogP contribution in [-0.4, -0.2) is 59.8 Å². The smallest absolute Gasteiger partial charge is 0.255 e. The highest BCUT2D eigenvalue weighted by atomic mass is 19.1. The Morgan fingerprint density at radius 1 is 1.06 bits per heavy atom. The maximum atomic E-state index is 15.1. The second-order valence-corrected chi connectivity index (χ2v) is 8.52. The number of rotatable bonds is 6. The monoisotopic (exact) mass is 437 g/mol. The van der Waals surface area contributed by atoms with Crippen molar-refractivity contribution in [2.45, 2.75) is 31.3 Å². The fourth-order valence-corrected chi connectivity index (χ4v) is 4.67. The van der Waals surface area contributed by atoms with Gasteiger partial charge in [-0.2, -0.15) is 0 Å². The first-order chi connectivity index (χ1) is 15.5. The molecule has 2 aromatic carbocycles. The highest BCUT2D eigenvalue weighted by Crippen LogP contribution is 2.33. The molecular weight excluding hydrogens is 413 g/mol. The van der Waals surface area contributed by atoms with E-state index < -0.39 is 23.7 Å². The predicted octanol–water partition coefficient (Wildman–Crippen LogP) is 2.06. The lowest BCUT2D eigenvalue weighted by molar-refractivity contribution is -0.136. The third kappa shape index (κ3) is 3.75. The molecule has 8 heteroatoms. The predicted molar refractivity (Wildman–Crippen MR) is 114 cm³/mol. The van der Waals surface area contributed by atoms with Gasteiger partial charge in [0.05, 0.1) is 6.54 Å². The molecule has 0 spiro atoms. The number of nitrogens with one attached hydrogen (secondary N) is 1. The summed E-state index contributed by atoms with van der Waals surface area (Å²) < 4.78 is 20.8. The fourth-order valence-electron chi connectivity index (χ4n) is 4.67. The van der Waals surface area contributed by atoms with Crippen molar-refractivity contribution in [3.05, 3.63) is 65.0 Å². The van der Waals surface area contributed by atoms with Crippen molar-refractivity contribution < 1.29 is 23.5 Å². The summed E-state index contributed by atoms with van der Waals surface area (Å²) in [6.45, 7) is 2.95. The summed E-state index contributed by atoms with van der Waals surface area (Å²) in [7, 11) is 0. The Labute approximate surface area is 185 Å². The summed E-state index contributed by atoms with van der Waals surface area (Å²) >= 11 is 0. The normalized spacial score (nSPS) is 21.3. The Morgan fingerprint density at radius 3 is 2.59 bits per heavy atom. The molecule has 166 valence electrons. The number of carbonyl (C=O) groups excluding carboxylic acids is 3. The Balaban J connectivity index is 1.17. The maximum Gasteiger partial charge on any atom is 0.255 e. The molecule has 32 heavy (non-hydrogen) atoms. The van der Waals surface area contributed by atoms with Gasteiger partial charge in [0.2, 0.25) is 11.8 Å². The van der Waals surface area contributed by atoms with Crippen LogP contribution in [0.15, 0.2) is 42.5 Å². The SMILES string of the molecule is O=C1CC[C@H](N2Cc3c(ccc(OCCN4CC(c5ccccc5)C4)c3F)C2=O)C(=O)N1. The number of imide groups is 1. The number of nitrogens with zero attached hydrogens (tertiary/aromatic N) is 2. The Morgan fingerprint density at radius 2 is 1.84 bits per heavy atom. The molecule has 2 saturated heterocycles. The molecule has 7 nitrogen and oxygen atoms in total. The average molecular weight is 437 g/mol. The number of carbonyl (C=O) groups is 3. The largest absolute Gasteiger partial charge is 0.489 e. The third-order valence-corrected chi connectivity index (χ3v) is 6.51. The van der Waals surface area contributed by atoms with Crippen LogP contribution in [0.3, 0.4) is 0 Å². The number of halogens is 1. The number of piperidine rings is 1. The first-order valence-electron chi connectivity index (χ1n) is 10.9. The molecule has 0 radical (unpaired) electrons. The number of ether oxygens (including phenoxy) is 1. The Bertz CT molecular complexity index is 1070. The van der Waals surface area contributed by atoms with Crippen LogP contribution in [0, 0.1) is 5.82 Å². The summed E-state index contributed by atoms with van der Waals surface area (Å²) in [4.78, 5) is 39.9. The summed E-state index contributed by atoms with van der Waals surface area (Å²) in [5.41, 5.74) is 1.82. The van der Waals surface area contributed by atoms with Crippen molar-refractivity contribution in [2.75, 3.05) is 26.2 Å². The standard InChI is InChI=1S/C24H24FN3O4/c25-22-18-14-28(19-7-9-21(29)26-23(19)30)24(31)17(18)6-8-20(22)32-11-10-27-12-16(13-27)15-4-2-1-3-5-15/h1-6,8,16,19H,7,9-14H2,(H,26,29,30)/t19-/m0/s1. The van der Waals surface area contributed by atoms with Crippen LogP contribution < -0.4 is 10.1 Å². The molecule has 1 N–H and O–H groups in total. The first-order valence-corrected chi connectivity index (χ1v) is 10.9. The maximum absolute atomic E-state index is 15.1. The molecule has 0 bridgehead atoms. The van der Waals surface area contributed by atoms with E-state index in [1.165, 1.54) is 16.5 Å². The fraction of sp³-hybridized carbons (Fsp3) is 0.375. The second-order valence-electron chi connectivity index (χ2n) is 8.52. The van der Waals surface area contributed by atoms with E-state index >= 15 is 4.39 Å². The second kappa shape index (κ2) is 8.35. The molecule has 3 aliphatic heterocycles. The summed E-state index contributed by atoms with van der Waals surface area (Å²) in [5, 5.41) is 2.25. The van der Waals surface area contributed by atoms with Crippen LogP contribution in [0.5, 0.6) is 5.75 Å².